The van der Waals surface area contributed by atoms with Crippen LogP contribution in [0.4, 0.5) is 0 Å². The van der Waals surface area contributed by atoms with E-state index < -0.39 is 0 Å². The van der Waals surface area contributed by atoms with Crippen LogP contribution in [0.1, 0.15) is 32.8 Å². The Kier molecular flexibility index (Phi) is 8.31. The zero-order chi connectivity index (χ0) is 14.8. The summed E-state index contributed by atoms with van der Waals surface area (Å²) in [6.45, 7) is 9.22. The molecule has 0 radical (unpaired) electrons. The highest BCUT2D eigenvalue weighted by molar-refractivity contribution is 5.27. The molecule has 0 spiro atoms. The Balaban J connectivity index is 2.11. The fourth-order valence-corrected chi connectivity index (χ4v) is 1.99. The number of benzene rings is 1. The van der Waals surface area contributed by atoms with E-state index in [0.717, 1.165) is 44.3 Å². The first-order valence-electron chi connectivity index (χ1n) is 7.56. The third-order valence-electron chi connectivity index (χ3n) is 3.28. The van der Waals surface area contributed by atoms with Crippen molar-refractivity contribution in [3.63, 3.8) is 0 Å². The van der Waals surface area contributed by atoms with E-state index in [-0.39, 0.29) is 0 Å². The third kappa shape index (κ3) is 7.51. The van der Waals surface area contributed by atoms with E-state index in [9.17, 15) is 0 Å². The second-order valence-electron chi connectivity index (χ2n) is 5.70. The Morgan fingerprint density at radius 1 is 1.05 bits per heavy atom. The molecule has 1 unspecified atom stereocenters. The second-order valence-corrected chi connectivity index (χ2v) is 5.70. The second kappa shape index (κ2) is 9.78. The Hall–Kier alpha value is -1.06. The quantitative estimate of drug-likeness (QED) is 0.667. The standard InChI is InChI=1S/C17H29NO2/c1-14(2)9-11-20-12-10-18-15(3)13-16-5-7-17(19-4)8-6-16/h5-8,14-15,18H,9-13H2,1-4H3. The maximum absolute atomic E-state index is 5.60. The minimum Gasteiger partial charge on any atom is -0.497 e. The summed E-state index contributed by atoms with van der Waals surface area (Å²) in [5, 5.41) is 3.49. The van der Waals surface area contributed by atoms with Crippen LogP contribution >= 0.6 is 0 Å². The number of hydrogen-bond donors (Lipinski definition) is 1. The molecule has 1 rings (SSSR count). The summed E-state index contributed by atoms with van der Waals surface area (Å²) >= 11 is 0. The van der Waals surface area contributed by atoms with Crippen LogP contribution in [0.5, 0.6) is 5.75 Å². The lowest BCUT2D eigenvalue weighted by atomic mass is 10.1. The van der Waals surface area contributed by atoms with Crippen LogP contribution in [0.2, 0.25) is 0 Å². The molecule has 1 N–H and O–H groups in total. The lowest BCUT2D eigenvalue weighted by Gasteiger charge is -2.14. The van der Waals surface area contributed by atoms with Crippen molar-refractivity contribution in [1.82, 2.24) is 5.32 Å². The average Bonchev–Trinajstić information content (AvgIpc) is 2.43. The first-order chi connectivity index (χ1) is 9.61. The van der Waals surface area contributed by atoms with Crippen molar-refractivity contribution in [3.8, 4) is 5.75 Å². The molecule has 114 valence electrons. The normalized spacial score (nSPS) is 12.7. The van der Waals surface area contributed by atoms with Gasteiger partial charge in [0.05, 0.1) is 13.7 Å². The van der Waals surface area contributed by atoms with Gasteiger partial charge in [-0.2, -0.15) is 0 Å². The Labute approximate surface area is 123 Å². The Morgan fingerprint density at radius 3 is 2.35 bits per heavy atom. The number of rotatable bonds is 10. The van der Waals surface area contributed by atoms with Gasteiger partial charge in [0.15, 0.2) is 0 Å². The summed E-state index contributed by atoms with van der Waals surface area (Å²) in [6, 6.07) is 8.72. The van der Waals surface area contributed by atoms with E-state index in [4.69, 9.17) is 9.47 Å². The number of hydrogen-bond acceptors (Lipinski definition) is 3. The van der Waals surface area contributed by atoms with Crippen molar-refractivity contribution in [2.75, 3.05) is 26.9 Å². The molecule has 1 aromatic rings. The molecule has 0 bridgehead atoms. The summed E-state index contributed by atoms with van der Waals surface area (Å²) in [6.07, 6.45) is 2.16. The van der Waals surface area contributed by atoms with Gasteiger partial charge < -0.3 is 14.8 Å². The average molecular weight is 279 g/mol. The molecule has 0 aliphatic heterocycles. The van der Waals surface area contributed by atoms with Crippen LogP contribution in [0, 0.1) is 5.92 Å². The minimum atomic E-state index is 0.456. The number of methoxy groups -OCH3 is 1. The molecule has 0 aliphatic carbocycles. The molecule has 3 nitrogen and oxygen atoms in total. The van der Waals surface area contributed by atoms with Crippen LogP contribution in [0.3, 0.4) is 0 Å². The highest BCUT2D eigenvalue weighted by atomic mass is 16.5. The van der Waals surface area contributed by atoms with Crippen molar-refractivity contribution in [2.24, 2.45) is 5.92 Å². The van der Waals surface area contributed by atoms with Gasteiger partial charge in [-0.1, -0.05) is 26.0 Å². The lowest BCUT2D eigenvalue weighted by Crippen LogP contribution is -2.31. The van der Waals surface area contributed by atoms with Gasteiger partial charge >= 0.3 is 0 Å². The molecule has 0 saturated carbocycles. The smallest absolute Gasteiger partial charge is 0.118 e. The van der Waals surface area contributed by atoms with Crippen LogP contribution in [0.25, 0.3) is 0 Å². The minimum absolute atomic E-state index is 0.456. The Bertz CT molecular complexity index is 349. The molecule has 0 heterocycles. The van der Waals surface area contributed by atoms with Gasteiger partial charge in [0, 0.05) is 19.2 Å². The van der Waals surface area contributed by atoms with Crippen LogP contribution < -0.4 is 10.1 Å². The molecule has 0 amide bonds. The monoisotopic (exact) mass is 279 g/mol. The first-order valence-corrected chi connectivity index (χ1v) is 7.56. The van der Waals surface area contributed by atoms with Crippen LogP contribution in [-0.2, 0) is 11.2 Å². The van der Waals surface area contributed by atoms with E-state index in [2.05, 4.69) is 38.2 Å². The molecule has 0 fully saturated rings. The predicted octanol–water partition coefficient (Wildman–Crippen LogP) is 3.28. The highest BCUT2D eigenvalue weighted by Crippen LogP contribution is 2.12. The van der Waals surface area contributed by atoms with Crippen LogP contribution in [-0.4, -0.2) is 32.9 Å². The summed E-state index contributed by atoms with van der Waals surface area (Å²) in [7, 11) is 1.69. The van der Waals surface area contributed by atoms with Gasteiger partial charge in [-0.15, -0.1) is 0 Å². The molecule has 20 heavy (non-hydrogen) atoms. The fourth-order valence-electron chi connectivity index (χ4n) is 1.99. The summed E-state index contributed by atoms with van der Waals surface area (Å²) < 4.78 is 10.8. The molecule has 0 aliphatic rings. The zero-order valence-electron chi connectivity index (χ0n) is 13.3. The number of ether oxygens (including phenoxy) is 2. The molecular weight excluding hydrogens is 250 g/mol. The lowest BCUT2D eigenvalue weighted by molar-refractivity contribution is 0.123. The van der Waals surface area contributed by atoms with Crippen LogP contribution in [0.15, 0.2) is 24.3 Å². The van der Waals surface area contributed by atoms with Gasteiger partial charge in [-0.3, -0.25) is 0 Å². The van der Waals surface area contributed by atoms with Crippen molar-refractivity contribution in [2.45, 2.75) is 39.7 Å². The highest BCUT2D eigenvalue weighted by Gasteiger charge is 2.03. The van der Waals surface area contributed by atoms with E-state index in [1.807, 2.05) is 12.1 Å². The molecular formula is C17H29NO2. The van der Waals surface area contributed by atoms with Crippen molar-refractivity contribution >= 4 is 0 Å². The van der Waals surface area contributed by atoms with Gasteiger partial charge in [0.2, 0.25) is 0 Å². The van der Waals surface area contributed by atoms with Gasteiger partial charge in [0.25, 0.3) is 0 Å². The Morgan fingerprint density at radius 2 is 1.75 bits per heavy atom. The summed E-state index contributed by atoms with van der Waals surface area (Å²) in [5.74, 6) is 1.63. The van der Waals surface area contributed by atoms with Crippen molar-refractivity contribution < 1.29 is 9.47 Å². The zero-order valence-corrected chi connectivity index (χ0v) is 13.3. The van der Waals surface area contributed by atoms with Crippen molar-refractivity contribution in [3.05, 3.63) is 29.8 Å². The van der Waals surface area contributed by atoms with Gasteiger partial charge in [0.1, 0.15) is 5.75 Å². The van der Waals surface area contributed by atoms with E-state index in [0.29, 0.717) is 6.04 Å². The van der Waals surface area contributed by atoms with Crippen molar-refractivity contribution in [1.29, 1.82) is 0 Å². The largest absolute Gasteiger partial charge is 0.497 e. The topological polar surface area (TPSA) is 30.5 Å². The molecule has 0 saturated heterocycles. The summed E-state index contributed by atoms with van der Waals surface area (Å²) in [5.41, 5.74) is 1.33. The van der Waals surface area contributed by atoms with E-state index >= 15 is 0 Å². The fraction of sp³-hybridized carbons (Fsp3) is 0.647. The maximum atomic E-state index is 5.60. The van der Waals surface area contributed by atoms with Gasteiger partial charge in [-0.05, 0) is 43.4 Å². The maximum Gasteiger partial charge on any atom is 0.118 e. The molecule has 1 atom stereocenters. The molecule has 1 aromatic carbocycles. The SMILES string of the molecule is COc1ccc(CC(C)NCCOCCC(C)C)cc1. The third-order valence-corrected chi connectivity index (χ3v) is 3.28. The molecule has 3 heteroatoms. The number of nitrogens with one attached hydrogen (secondary N) is 1. The molecule has 0 aromatic heterocycles. The summed E-state index contributed by atoms with van der Waals surface area (Å²) in [4.78, 5) is 0. The predicted molar refractivity (Wildman–Crippen MR) is 84.4 cm³/mol. The first kappa shape index (κ1) is 17.0. The van der Waals surface area contributed by atoms with E-state index in [1.54, 1.807) is 7.11 Å². The van der Waals surface area contributed by atoms with Gasteiger partial charge in [-0.25, -0.2) is 0 Å². The van der Waals surface area contributed by atoms with E-state index in [1.165, 1.54) is 5.56 Å².